The number of amides is 1. The molecular weight excluding hydrogens is 435 g/mol. The Morgan fingerprint density at radius 2 is 1.58 bits per heavy atom. The molecule has 31 heavy (non-hydrogen) atoms. The number of aromatic nitrogens is 4. The maximum Gasteiger partial charge on any atom is 0.224 e. The second-order valence-corrected chi connectivity index (χ2v) is 7.91. The first-order chi connectivity index (χ1) is 14.8. The summed E-state index contributed by atoms with van der Waals surface area (Å²) in [7, 11) is 0. The Morgan fingerprint density at radius 3 is 2.16 bits per heavy atom. The summed E-state index contributed by atoms with van der Waals surface area (Å²) < 4.78 is 1.74. The van der Waals surface area contributed by atoms with Gasteiger partial charge in [0, 0.05) is 23.5 Å². The molecule has 0 aliphatic rings. The Morgan fingerprint density at radius 1 is 0.968 bits per heavy atom. The number of hydrogen-bond acceptors (Lipinski definition) is 5. The van der Waals surface area contributed by atoms with E-state index < -0.39 is 0 Å². The number of nitrogens with one attached hydrogen (secondary N) is 2. The third-order valence-electron chi connectivity index (χ3n) is 4.65. The van der Waals surface area contributed by atoms with E-state index in [1.165, 1.54) is 0 Å². The molecule has 2 heterocycles. The van der Waals surface area contributed by atoms with E-state index in [0.717, 1.165) is 22.8 Å². The minimum absolute atomic E-state index is 0.0385. The number of benzene rings is 2. The second kappa shape index (κ2) is 8.53. The molecule has 1 amide bonds. The van der Waals surface area contributed by atoms with Gasteiger partial charge in [-0.3, -0.25) is 4.79 Å². The molecule has 0 saturated heterocycles. The zero-order valence-electron chi connectivity index (χ0n) is 17.2. The molecule has 0 aliphatic heterocycles. The molecule has 0 radical (unpaired) electrons. The molecule has 0 aliphatic carbocycles. The molecule has 0 atom stereocenters. The monoisotopic (exact) mass is 454 g/mol. The number of rotatable bonds is 5. The van der Waals surface area contributed by atoms with Gasteiger partial charge in [-0.15, -0.1) is 0 Å². The Bertz CT molecular complexity index is 1280. The van der Waals surface area contributed by atoms with Crippen molar-refractivity contribution < 1.29 is 4.79 Å². The number of anilines is 3. The minimum atomic E-state index is -0.0385. The molecule has 0 bridgehead atoms. The quantitative estimate of drug-likeness (QED) is 0.396. The molecule has 0 unspecified atom stereocenters. The van der Waals surface area contributed by atoms with Gasteiger partial charge in [-0.2, -0.15) is 5.10 Å². The zero-order chi connectivity index (χ0) is 22.1. The number of carbonyl (C=O) groups excluding carboxylic acids is 1. The van der Waals surface area contributed by atoms with Crippen molar-refractivity contribution in [2.45, 2.75) is 27.2 Å². The fourth-order valence-corrected chi connectivity index (χ4v) is 3.46. The highest BCUT2D eigenvalue weighted by molar-refractivity contribution is 6.42. The summed E-state index contributed by atoms with van der Waals surface area (Å²) in [5.41, 5.74) is 4.52. The smallest absolute Gasteiger partial charge is 0.224 e. The largest absolute Gasteiger partial charge is 0.337 e. The highest BCUT2D eigenvalue weighted by atomic mass is 35.5. The van der Waals surface area contributed by atoms with Crippen molar-refractivity contribution in [1.82, 2.24) is 19.7 Å². The maximum atomic E-state index is 11.6. The molecule has 2 N–H and O–H groups in total. The number of halogens is 2. The maximum absolute atomic E-state index is 11.6. The average molecular weight is 455 g/mol. The second-order valence-electron chi connectivity index (χ2n) is 7.09. The summed E-state index contributed by atoms with van der Waals surface area (Å²) in [5.74, 6) is 1.02. The van der Waals surface area contributed by atoms with E-state index >= 15 is 0 Å². The average Bonchev–Trinajstić information content (AvgIpc) is 3.08. The molecule has 7 nitrogen and oxygen atoms in total. The molecule has 4 aromatic rings. The van der Waals surface area contributed by atoms with Crippen LogP contribution in [0.2, 0.25) is 10.0 Å². The van der Waals surface area contributed by atoms with Gasteiger partial charge in [-0.1, -0.05) is 30.1 Å². The Labute approximate surface area is 189 Å². The van der Waals surface area contributed by atoms with Crippen LogP contribution < -0.4 is 10.6 Å². The van der Waals surface area contributed by atoms with Gasteiger partial charge < -0.3 is 10.6 Å². The lowest BCUT2D eigenvalue weighted by molar-refractivity contribution is -0.115. The predicted molar refractivity (Wildman–Crippen MR) is 125 cm³/mol. The first-order valence-corrected chi connectivity index (χ1v) is 10.5. The fraction of sp³-hybridized carbons (Fsp3) is 0.182. The summed E-state index contributed by atoms with van der Waals surface area (Å²) in [6.45, 7) is 5.68. The van der Waals surface area contributed by atoms with Crippen LogP contribution in [0.25, 0.3) is 16.9 Å². The van der Waals surface area contributed by atoms with Crippen molar-refractivity contribution in [1.29, 1.82) is 0 Å². The van der Waals surface area contributed by atoms with Crippen LogP contribution in [0.3, 0.4) is 0 Å². The molecule has 2 aromatic heterocycles. The van der Waals surface area contributed by atoms with Crippen LogP contribution in [0.15, 0.2) is 42.5 Å². The van der Waals surface area contributed by atoms with Crippen LogP contribution in [0.1, 0.15) is 24.7 Å². The normalized spacial score (nSPS) is 11.0. The summed E-state index contributed by atoms with van der Waals surface area (Å²) >= 11 is 12.4. The van der Waals surface area contributed by atoms with Crippen molar-refractivity contribution in [2.75, 3.05) is 10.6 Å². The molecule has 0 saturated carbocycles. The first kappa shape index (κ1) is 21.1. The van der Waals surface area contributed by atoms with Crippen LogP contribution in [0.4, 0.5) is 17.2 Å². The third kappa shape index (κ3) is 4.47. The van der Waals surface area contributed by atoms with Crippen LogP contribution in [0.5, 0.6) is 0 Å². The lowest BCUT2D eigenvalue weighted by Crippen LogP contribution is -2.10. The van der Waals surface area contributed by atoms with Gasteiger partial charge in [0.1, 0.15) is 0 Å². The lowest BCUT2D eigenvalue weighted by Gasteiger charge is -2.14. The van der Waals surface area contributed by atoms with Gasteiger partial charge >= 0.3 is 0 Å². The van der Waals surface area contributed by atoms with Gasteiger partial charge in [0.2, 0.25) is 5.91 Å². The molecule has 9 heteroatoms. The minimum Gasteiger partial charge on any atom is -0.337 e. The van der Waals surface area contributed by atoms with Crippen molar-refractivity contribution in [3.63, 3.8) is 0 Å². The van der Waals surface area contributed by atoms with Crippen molar-refractivity contribution in [3.8, 4) is 5.82 Å². The van der Waals surface area contributed by atoms with Crippen molar-refractivity contribution >= 4 is 57.3 Å². The van der Waals surface area contributed by atoms with E-state index in [0.29, 0.717) is 39.1 Å². The fourth-order valence-electron chi connectivity index (χ4n) is 3.14. The number of aryl methyl sites for hydroxylation is 2. The van der Waals surface area contributed by atoms with E-state index in [-0.39, 0.29) is 5.91 Å². The summed E-state index contributed by atoms with van der Waals surface area (Å²) in [6, 6.07) is 12.7. The number of hydrogen-bond donors (Lipinski definition) is 2. The van der Waals surface area contributed by atoms with Gasteiger partial charge in [-0.05, 0) is 56.3 Å². The Kier molecular flexibility index (Phi) is 5.80. The number of nitrogens with zero attached hydrogens (tertiary/aromatic N) is 4. The van der Waals surface area contributed by atoms with E-state index in [2.05, 4.69) is 15.7 Å². The molecule has 0 fully saturated rings. The van der Waals surface area contributed by atoms with Crippen molar-refractivity contribution in [3.05, 3.63) is 63.9 Å². The standard InChI is InChI=1S/C22H20Cl2N6O/c1-4-20(31)25-14-5-7-15(8-6-14)26-21-22(30-13(3)9-12(2)29-30)28-19-11-17(24)16(23)10-18(19)27-21/h5-11H,4H2,1-3H3,(H,25,31)(H,26,27). The Hall–Kier alpha value is -3.16. The highest BCUT2D eigenvalue weighted by Crippen LogP contribution is 2.30. The number of carbonyl (C=O) groups is 1. The van der Waals surface area contributed by atoms with E-state index in [1.54, 1.807) is 16.8 Å². The third-order valence-corrected chi connectivity index (χ3v) is 5.37. The first-order valence-electron chi connectivity index (χ1n) is 9.71. The highest BCUT2D eigenvalue weighted by Gasteiger charge is 2.16. The van der Waals surface area contributed by atoms with Crippen molar-refractivity contribution in [2.24, 2.45) is 0 Å². The van der Waals surface area contributed by atoms with Gasteiger partial charge in [-0.25, -0.2) is 14.6 Å². The van der Waals surface area contributed by atoms with Crippen LogP contribution in [0, 0.1) is 13.8 Å². The zero-order valence-corrected chi connectivity index (χ0v) is 18.7. The van der Waals surface area contributed by atoms with Gasteiger partial charge in [0.25, 0.3) is 0 Å². The summed E-state index contributed by atoms with van der Waals surface area (Å²) in [4.78, 5) is 21.1. The molecule has 4 rings (SSSR count). The van der Waals surface area contributed by atoms with Crippen LogP contribution in [-0.2, 0) is 4.79 Å². The van der Waals surface area contributed by atoms with E-state index in [1.807, 2.05) is 51.1 Å². The molecule has 0 spiro atoms. The topological polar surface area (TPSA) is 84.7 Å². The van der Waals surface area contributed by atoms with E-state index in [4.69, 9.17) is 33.2 Å². The molecule has 2 aromatic carbocycles. The van der Waals surface area contributed by atoms with Gasteiger partial charge in [0.05, 0.1) is 26.8 Å². The summed E-state index contributed by atoms with van der Waals surface area (Å²) in [5, 5.41) is 11.5. The van der Waals surface area contributed by atoms with Gasteiger partial charge in [0.15, 0.2) is 11.6 Å². The SMILES string of the molecule is CCC(=O)Nc1ccc(Nc2nc3cc(Cl)c(Cl)cc3nc2-n2nc(C)cc2C)cc1. The molecular formula is C22H20Cl2N6O. The Balaban J connectivity index is 1.78. The van der Waals surface area contributed by atoms with E-state index in [9.17, 15) is 4.79 Å². The van der Waals surface area contributed by atoms with Crippen LogP contribution >= 0.6 is 23.2 Å². The molecule has 158 valence electrons. The summed E-state index contributed by atoms with van der Waals surface area (Å²) in [6.07, 6.45) is 0.422. The number of fused-ring (bicyclic) bond motifs is 1. The van der Waals surface area contributed by atoms with Crippen LogP contribution in [-0.4, -0.2) is 25.7 Å². The lowest BCUT2D eigenvalue weighted by atomic mass is 10.2. The predicted octanol–water partition coefficient (Wildman–Crippen LogP) is 5.83.